The van der Waals surface area contributed by atoms with E-state index >= 15 is 0 Å². The number of hydrogen-bond donors (Lipinski definition) is 1. The van der Waals surface area contributed by atoms with E-state index in [1.807, 2.05) is 30.5 Å². The van der Waals surface area contributed by atoms with Gasteiger partial charge >= 0.3 is 0 Å². The maximum absolute atomic E-state index is 12.9. The molecule has 2 heterocycles. The van der Waals surface area contributed by atoms with E-state index in [-0.39, 0.29) is 5.91 Å². The van der Waals surface area contributed by atoms with Crippen LogP contribution in [0.4, 0.5) is 0 Å². The quantitative estimate of drug-likeness (QED) is 0.848. The lowest BCUT2D eigenvalue weighted by Gasteiger charge is -2.31. The van der Waals surface area contributed by atoms with Crippen LogP contribution in [0.25, 0.3) is 0 Å². The van der Waals surface area contributed by atoms with E-state index in [0.29, 0.717) is 37.4 Å². The molecule has 0 saturated carbocycles. The lowest BCUT2D eigenvalue weighted by molar-refractivity contribution is 0.0730. The van der Waals surface area contributed by atoms with Crippen molar-refractivity contribution in [2.75, 3.05) is 19.6 Å². The summed E-state index contributed by atoms with van der Waals surface area (Å²) >= 11 is 1.44. The fourth-order valence-corrected chi connectivity index (χ4v) is 5.93. The molecule has 1 aromatic heterocycles. The second kappa shape index (κ2) is 7.90. The number of rotatable bonds is 5. The SMILES string of the molecule is Cc1ccsc1C(=O)N1CCC(S(=O)(=O)c2ccc(CCN)cc2)CC1. The Balaban J connectivity index is 1.67. The van der Waals surface area contributed by atoms with Crippen molar-refractivity contribution < 1.29 is 13.2 Å². The van der Waals surface area contributed by atoms with Crippen LogP contribution >= 0.6 is 11.3 Å². The number of carbonyl (C=O) groups excluding carboxylic acids is 1. The third-order valence-corrected chi connectivity index (χ3v) is 8.19. The molecule has 2 aromatic rings. The van der Waals surface area contributed by atoms with Gasteiger partial charge < -0.3 is 10.6 Å². The smallest absolute Gasteiger partial charge is 0.264 e. The van der Waals surface area contributed by atoms with Crippen LogP contribution in [0.1, 0.15) is 33.6 Å². The number of sulfone groups is 1. The Morgan fingerprint density at radius 3 is 2.38 bits per heavy atom. The maximum atomic E-state index is 12.9. The maximum Gasteiger partial charge on any atom is 0.264 e. The van der Waals surface area contributed by atoms with Crippen LogP contribution in [-0.4, -0.2) is 44.1 Å². The number of hydrogen-bond acceptors (Lipinski definition) is 5. The third-order valence-electron chi connectivity index (χ3n) is 4.91. The molecule has 0 unspecified atom stereocenters. The number of piperidine rings is 1. The summed E-state index contributed by atoms with van der Waals surface area (Å²) in [7, 11) is -3.37. The molecule has 0 spiro atoms. The van der Waals surface area contributed by atoms with Crippen LogP contribution in [0.15, 0.2) is 40.6 Å². The van der Waals surface area contributed by atoms with E-state index < -0.39 is 15.1 Å². The fraction of sp³-hybridized carbons (Fsp3) is 0.421. The second-order valence-electron chi connectivity index (χ2n) is 6.65. The summed E-state index contributed by atoms with van der Waals surface area (Å²) in [5.41, 5.74) is 7.55. The Labute approximate surface area is 158 Å². The predicted molar refractivity (Wildman–Crippen MR) is 104 cm³/mol. The number of amides is 1. The summed E-state index contributed by atoms with van der Waals surface area (Å²) < 4.78 is 25.8. The minimum Gasteiger partial charge on any atom is -0.338 e. The molecule has 1 amide bonds. The molecule has 1 aromatic carbocycles. The molecule has 0 radical (unpaired) electrons. The molecule has 5 nitrogen and oxygen atoms in total. The van der Waals surface area contributed by atoms with Crippen LogP contribution < -0.4 is 5.73 Å². The zero-order valence-corrected chi connectivity index (χ0v) is 16.5. The minimum atomic E-state index is -3.37. The summed E-state index contributed by atoms with van der Waals surface area (Å²) in [6.07, 6.45) is 1.69. The van der Waals surface area contributed by atoms with Crippen molar-refractivity contribution in [3.05, 3.63) is 51.7 Å². The Hall–Kier alpha value is -1.70. The van der Waals surface area contributed by atoms with Gasteiger partial charge in [0.15, 0.2) is 9.84 Å². The average molecular weight is 393 g/mol. The van der Waals surface area contributed by atoms with Crippen molar-refractivity contribution in [2.24, 2.45) is 5.73 Å². The molecule has 3 rings (SSSR count). The number of aryl methyl sites for hydroxylation is 1. The topological polar surface area (TPSA) is 80.5 Å². The molecule has 1 aliphatic rings. The first kappa shape index (κ1) is 19.1. The van der Waals surface area contributed by atoms with E-state index in [9.17, 15) is 13.2 Å². The van der Waals surface area contributed by atoms with Crippen molar-refractivity contribution >= 4 is 27.1 Å². The van der Waals surface area contributed by atoms with Crippen LogP contribution in [0.5, 0.6) is 0 Å². The molecule has 26 heavy (non-hydrogen) atoms. The van der Waals surface area contributed by atoms with Gasteiger partial charge in [-0.05, 0) is 67.4 Å². The lowest BCUT2D eigenvalue weighted by atomic mass is 10.1. The van der Waals surface area contributed by atoms with Gasteiger partial charge in [-0.2, -0.15) is 0 Å². The number of carbonyl (C=O) groups is 1. The first-order chi connectivity index (χ1) is 12.4. The number of nitrogens with two attached hydrogens (primary N) is 1. The molecule has 1 fully saturated rings. The normalized spacial score (nSPS) is 16.0. The Morgan fingerprint density at radius 1 is 1.19 bits per heavy atom. The highest BCUT2D eigenvalue weighted by molar-refractivity contribution is 7.92. The zero-order chi connectivity index (χ0) is 18.7. The van der Waals surface area contributed by atoms with E-state index in [4.69, 9.17) is 5.73 Å². The first-order valence-electron chi connectivity index (χ1n) is 8.79. The molecule has 1 aliphatic heterocycles. The van der Waals surface area contributed by atoms with Crippen LogP contribution in [0, 0.1) is 6.92 Å². The minimum absolute atomic E-state index is 0.0134. The number of likely N-dealkylation sites (tertiary alicyclic amines) is 1. The van der Waals surface area contributed by atoms with Gasteiger partial charge in [0.1, 0.15) is 0 Å². The summed E-state index contributed by atoms with van der Waals surface area (Å²) in [5, 5.41) is 1.48. The van der Waals surface area contributed by atoms with Gasteiger partial charge in [0.25, 0.3) is 5.91 Å². The van der Waals surface area contributed by atoms with Gasteiger partial charge in [0.2, 0.25) is 0 Å². The van der Waals surface area contributed by atoms with Gasteiger partial charge in [-0.3, -0.25) is 4.79 Å². The van der Waals surface area contributed by atoms with E-state index in [0.717, 1.165) is 22.4 Å². The molecule has 0 aliphatic carbocycles. The molecule has 140 valence electrons. The lowest BCUT2D eigenvalue weighted by Crippen LogP contribution is -2.42. The van der Waals surface area contributed by atoms with Crippen LogP contribution in [0.2, 0.25) is 0 Å². The average Bonchev–Trinajstić information content (AvgIpc) is 3.08. The number of benzene rings is 1. The summed E-state index contributed by atoms with van der Waals surface area (Å²) in [4.78, 5) is 15.5. The number of thiophene rings is 1. The summed E-state index contributed by atoms with van der Waals surface area (Å²) in [5.74, 6) is 0.0134. The van der Waals surface area contributed by atoms with Crippen molar-refractivity contribution in [3.63, 3.8) is 0 Å². The van der Waals surface area contributed by atoms with Gasteiger partial charge in [-0.25, -0.2) is 8.42 Å². The third kappa shape index (κ3) is 3.84. The molecular weight excluding hydrogens is 368 g/mol. The van der Waals surface area contributed by atoms with Crippen LogP contribution in [-0.2, 0) is 16.3 Å². The van der Waals surface area contributed by atoms with E-state index in [1.54, 1.807) is 17.0 Å². The van der Waals surface area contributed by atoms with Crippen molar-refractivity contribution in [2.45, 2.75) is 36.3 Å². The van der Waals surface area contributed by atoms with E-state index in [1.165, 1.54) is 11.3 Å². The summed E-state index contributed by atoms with van der Waals surface area (Å²) in [6.45, 7) is 3.42. The molecule has 0 atom stereocenters. The van der Waals surface area contributed by atoms with Gasteiger partial charge in [-0.1, -0.05) is 12.1 Å². The van der Waals surface area contributed by atoms with Gasteiger partial charge in [0, 0.05) is 13.1 Å². The highest BCUT2D eigenvalue weighted by atomic mass is 32.2. The van der Waals surface area contributed by atoms with Crippen LogP contribution in [0.3, 0.4) is 0 Å². The van der Waals surface area contributed by atoms with Gasteiger partial charge in [-0.15, -0.1) is 11.3 Å². The first-order valence-corrected chi connectivity index (χ1v) is 11.2. The Bertz CT molecular complexity index is 864. The molecule has 0 bridgehead atoms. The monoisotopic (exact) mass is 392 g/mol. The van der Waals surface area contributed by atoms with E-state index in [2.05, 4.69) is 0 Å². The number of nitrogens with zero attached hydrogens (tertiary/aromatic N) is 1. The molecule has 7 heteroatoms. The molecule has 1 saturated heterocycles. The molecule has 2 N–H and O–H groups in total. The largest absolute Gasteiger partial charge is 0.338 e. The van der Waals surface area contributed by atoms with Crippen molar-refractivity contribution in [1.82, 2.24) is 4.90 Å². The van der Waals surface area contributed by atoms with Gasteiger partial charge in [0.05, 0.1) is 15.0 Å². The highest BCUT2D eigenvalue weighted by Crippen LogP contribution is 2.27. The fourth-order valence-electron chi connectivity index (χ4n) is 3.31. The second-order valence-corrected chi connectivity index (χ2v) is 9.80. The zero-order valence-electron chi connectivity index (χ0n) is 14.8. The standard InChI is InChI=1S/C19H24N2O3S2/c1-14-9-13-25-18(14)19(22)21-11-7-17(8-12-21)26(23,24)16-4-2-15(3-5-16)6-10-20/h2-5,9,13,17H,6-8,10-12,20H2,1H3. The molecular formula is C19H24N2O3S2. The predicted octanol–water partition coefficient (Wildman–Crippen LogP) is 2.64. The summed E-state index contributed by atoms with van der Waals surface area (Å²) in [6, 6.07) is 8.94. The van der Waals surface area contributed by atoms with Crippen molar-refractivity contribution in [1.29, 1.82) is 0 Å². The highest BCUT2D eigenvalue weighted by Gasteiger charge is 2.33. The van der Waals surface area contributed by atoms with Crippen molar-refractivity contribution in [3.8, 4) is 0 Å². The Morgan fingerprint density at radius 2 is 1.85 bits per heavy atom. The Kier molecular flexibility index (Phi) is 5.79.